The van der Waals surface area contributed by atoms with Gasteiger partial charge in [-0.25, -0.2) is 16.8 Å². The molecule has 0 fully saturated rings. The van der Waals surface area contributed by atoms with Crippen LogP contribution in [0.15, 0.2) is 113 Å². The Bertz CT molecular complexity index is 1640. The maximum Gasteiger partial charge on any atom is 0.264 e. The molecular weight excluding hydrogens is 516 g/mol. The number of benzene rings is 4. The topological polar surface area (TPSA) is 74.8 Å². The quantitative estimate of drug-likeness (QED) is 0.328. The minimum Gasteiger partial charge on any atom is -0.264 e. The highest BCUT2D eigenvalue weighted by molar-refractivity contribution is 7.92. The van der Waals surface area contributed by atoms with E-state index < -0.39 is 26.1 Å². The Hall–Kier alpha value is -3.46. The van der Waals surface area contributed by atoms with Crippen LogP contribution in [0.3, 0.4) is 0 Å². The molecule has 0 aromatic heterocycles. The summed E-state index contributed by atoms with van der Waals surface area (Å²) in [5.41, 5.74) is 3.97. The number of anilines is 1. The highest BCUT2D eigenvalue weighted by Gasteiger charge is 2.40. The average molecular weight is 547 g/mol. The molecule has 0 aliphatic carbocycles. The first-order chi connectivity index (χ1) is 18.2. The van der Waals surface area contributed by atoms with Crippen LogP contribution in [0, 0.1) is 13.8 Å². The third-order valence-electron chi connectivity index (χ3n) is 6.92. The van der Waals surface area contributed by atoms with Crippen LogP contribution in [0.2, 0.25) is 0 Å². The molecule has 0 radical (unpaired) electrons. The summed E-state index contributed by atoms with van der Waals surface area (Å²) in [6, 6.07) is 29.6. The molecule has 196 valence electrons. The van der Waals surface area contributed by atoms with Gasteiger partial charge in [0.1, 0.15) is 0 Å². The highest BCUT2D eigenvalue weighted by atomic mass is 32.2. The van der Waals surface area contributed by atoms with Crippen molar-refractivity contribution in [2.24, 2.45) is 0 Å². The molecule has 1 aliphatic rings. The third-order valence-corrected chi connectivity index (χ3v) is 10.6. The summed E-state index contributed by atoms with van der Waals surface area (Å²) in [6.45, 7) is 3.85. The normalized spacial score (nSPS) is 16.6. The van der Waals surface area contributed by atoms with Crippen LogP contribution in [0.1, 0.15) is 22.3 Å². The molecule has 8 heteroatoms. The molecular formula is C30H30N2O4S2. The molecule has 4 aromatic rings. The molecule has 1 atom stereocenters. The lowest BCUT2D eigenvalue weighted by atomic mass is 10.1. The van der Waals surface area contributed by atoms with Gasteiger partial charge in [0.25, 0.3) is 10.0 Å². The fraction of sp³-hybridized carbons (Fsp3) is 0.200. The van der Waals surface area contributed by atoms with E-state index in [0.29, 0.717) is 17.7 Å². The van der Waals surface area contributed by atoms with Crippen molar-refractivity contribution in [3.8, 4) is 0 Å². The largest absolute Gasteiger partial charge is 0.264 e. The van der Waals surface area contributed by atoms with Crippen molar-refractivity contribution in [1.29, 1.82) is 0 Å². The lowest BCUT2D eigenvalue weighted by Crippen LogP contribution is -2.47. The van der Waals surface area contributed by atoms with E-state index in [-0.39, 0.29) is 22.9 Å². The van der Waals surface area contributed by atoms with Crippen molar-refractivity contribution < 1.29 is 16.8 Å². The first-order valence-electron chi connectivity index (χ1n) is 12.5. The first kappa shape index (κ1) is 26.2. The van der Waals surface area contributed by atoms with Gasteiger partial charge in [0.2, 0.25) is 10.0 Å². The van der Waals surface area contributed by atoms with E-state index >= 15 is 0 Å². The van der Waals surface area contributed by atoms with Gasteiger partial charge in [-0.15, -0.1) is 0 Å². The van der Waals surface area contributed by atoms with Gasteiger partial charge >= 0.3 is 0 Å². The second-order valence-corrected chi connectivity index (χ2v) is 13.4. The van der Waals surface area contributed by atoms with Gasteiger partial charge in [0, 0.05) is 12.6 Å². The Labute approximate surface area is 225 Å². The van der Waals surface area contributed by atoms with E-state index in [4.69, 9.17) is 0 Å². The number of rotatable bonds is 6. The summed E-state index contributed by atoms with van der Waals surface area (Å²) >= 11 is 0. The van der Waals surface area contributed by atoms with Crippen molar-refractivity contribution in [3.05, 3.63) is 125 Å². The zero-order valence-electron chi connectivity index (χ0n) is 21.4. The summed E-state index contributed by atoms with van der Waals surface area (Å²) in [6.07, 6.45) is 0.361. The minimum atomic E-state index is -3.97. The molecule has 0 saturated heterocycles. The van der Waals surface area contributed by atoms with Crippen LogP contribution in [-0.2, 0) is 33.0 Å². The first-order valence-corrected chi connectivity index (χ1v) is 15.3. The van der Waals surface area contributed by atoms with Crippen LogP contribution in [0.4, 0.5) is 5.69 Å². The molecule has 0 amide bonds. The molecule has 4 aromatic carbocycles. The van der Waals surface area contributed by atoms with Crippen LogP contribution in [-0.4, -0.2) is 33.7 Å². The third kappa shape index (κ3) is 5.12. The van der Waals surface area contributed by atoms with Crippen LogP contribution in [0.25, 0.3) is 0 Å². The fourth-order valence-corrected chi connectivity index (χ4v) is 7.94. The van der Waals surface area contributed by atoms with Gasteiger partial charge in [-0.05, 0) is 61.7 Å². The second-order valence-electron chi connectivity index (χ2n) is 9.68. The van der Waals surface area contributed by atoms with Gasteiger partial charge in [-0.3, -0.25) is 4.31 Å². The van der Waals surface area contributed by atoms with E-state index in [0.717, 1.165) is 16.7 Å². The van der Waals surface area contributed by atoms with E-state index in [2.05, 4.69) is 0 Å². The van der Waals surface area contributed by atoms with Crippen LogP contribution in [0.5, 0.6) is 0 Å². The van der Waals surface area contributed by atoms with Gasteiger partial charge in [0.15, 0.2) is 0 Å². The van der Waals surface area contributed by atoms with Crippen LogP contribution < -0.4 is 4.31 Å². The Morgan fingerprint density at radius 1 is 0.658 bits per heavy atom. The van der Waals surface area contributed by atoms with Crippen molar-refractivity contribution in [3.63, 3.8) is 0 Å². The number of hydrogen-bond acceptors (Lipinski definition) is 4. The van der Waals surface area contributed by atoms with E-state index in [1.54, 1.807) is 66.7 Å². The smallest absolute Gasteiger partial charge is 0.264 e. The van der Waals surface area contributed by atoms with E-state index in [1.165, 1.54) is 8.61 Å². The number of sulfonamides is 2. The highest BCUT2D eigenvalue weighted by Crippen LogP contribution is 2.35. The molecule has 1 heterocycles. The number of para-hydroxylation sites is 1. The predicted octanol–water partition coefficient (Wildman–Crippen LogP) is 5.31. The summed E-state index contributed by atoms with van der Waals surface area (Å²) < 4.78 is 59.1. The zero-order chi connectivity index (χ0) is 26.9. The van der Waals surface area contributed by atoms with Crippen molar-refractivity contribution in [1.82, 2.24) is 4.31 Å². The van der Waals surface area contributed by atoms with Gasteiger partial charge in [-0.1, -0.05) is 83.9 Å². The zero-order valence-corrected chi connectivity index (χ0v) is 23.0. The summed E-state index contributed by atoms with van der Waals surface area (Å²) in [5.74, 6) is 0. The van der Waals surface area contributed by atoms with Gasteiger partial charge in [-0.2, -0.15) is 4.31 Å². The predicted molar refractivity (Wildman–Crippen MR) is 150 cm³/mol. The number of aryl methyl sites for hydroxylation is 2. The summed E-state index contributed by atoms with van der Waals surface area (Å²) in [7, 11) is -7.91. The molecule has 38 heavy (non-hydrogen) atoms. The molecule has 0 N–H and O–H groups in total. The number of fused-ring (bicyclic) bond motifs is 1. The maximum absolute atomic E-state index is 14.1. The molecule has 5 rings (SSSR count). The number of nitrogens with zero attached hydrogens (tertiary/aromatic N) is 2. The maximum atomic E-state index is 14.1. The lowest BCUT2D eigenvalue weighted by molar-refractivity contribution is 0.322. The van der Waals surface area contributed by atoms with Crippen molar-refractivity contribution in [2.45, 2.75) is 42.6 Å². The second kappa shape index (κ2) is 10.4. The Morgan fingerprint density at radius 3 is 1.79 bits per heavy atom. The molecule has 1 aliphatic heterocycles. The fourth-order valence-electron chi connectivity index (χ4n) is 4.81. The average Bonchev–Trinajstić information content (AvgIpc) is 3.08. The van der Waals surface area contributed by atoms with Crippen molar-refractivity contribution in [2.75, 3.05) is 10.8 Å². The Balaban J connectivity index is 1.66. The molecule has 6 nitrogen and oxygen atoms in total. The monoisotopic (exact) mass is 546 g/mol. The molecule has 0 bridgehead atoms. The standard InChI is InChI=1S/C30H30N2O4S2/c1-23-12-16-28(17-13-23)37(33,34)31-21-26-10-6-7-11-30(26)32(22-27(31)20-25-8-4-3-5-9-25)38(35,36)29-18-14-24(2)15-19-29/h3-19,27H,20-22H2,1-2H3/t27-/m0/s1. The van der Waals surface area contributed by atoms with Gasteiger partial charge in [0.05, 0.1) is 22.0 Å². The SMILES string of the molecule is Cc1ccc(S(=O)(=O)N2C[C@H](Cc3ccccc3)N(S(=O)(=O)c3ccc(C)cc3)Cc3ccccc32)cc1. The minimum absolute atomic E-state index is 0.0206. The summed E-state index contributed by atoms with van der Waals surface area (Å²) in [5, 5.41) is 0. The summed E-state index contributed by atoms with van der Waals surface area (Å²) in [4.78, 5) is 0.361. The van der Waals surface area contributed by atoms with Crippen molar-refractivity contribution >= 4 is 25.7 Å². The van der Waals surface area contributed by atoms with E-state index in [1.807, 2.05) is 50.2 Å². The molecule has 0 spiro atoms. The molecule has 0 saturated carbocycles. The van der Waals surface area contributed by atoms with E-state index in [9.17, 15) is 16.8 Å². The lowest BCUT2D eigenvalue weighted by Gasteiger charge is -2.32. The number of hydrogen-bond donors (Lipinski definition) is 0. The van der Waals surface area contributed by atoms with Crippen LogP contribution >= 0.6 is 0 Å². The Kier molecular flexibility index (Phi) is 7.13. The molecule has 0 unspecified atom stereocenters. The Morgan fingerprint density at radius 2 is 1.18 bits per heavy atom. The van der Waals surface area contributed by atoms with Gasteiger partial charge < -0.3 is 0 Å².